The van der Waals surface area contributed by atoms with E-state index in [1.54, 1.807) is 7.11 Å². The highest BCUT2D eigenvalue weighted by atomic mass is 16.5. The molecule has 1 heterocycles. The molecule has 0 atom stereocenters. The summed E-state index contributed by atoms with van der Waals surface area (Å²) in [5.41, 5.74) is 9.04. The van der Waals surface area contributed by atoms with Gasteiger partial charge in [-0.15, -0.1) is 0 Å². The van der Waals surface area contributed by atoms with Crippen LogP contribution in [0.4, 0.5) is 5.69 Å². The molecule has 0 aromatic heterocycles. The molecule has 6 heteroatoms. The first-order chi connectivity index (χ1) is 13.2. The van der Waals surface area contributed by atoms with Gasteiger partial charge in [0.1, 0.15) is 5.75 Å². The van der Waals surface area contributed by atoms with Crippen molar-refractivity contribution in [3.63, 3.8) is 0 Å². The molecule has 6 nitrogen and oxygen atoms in total. The van der Waals surface area contributed by atoms with Crippen molar-refractivity contribution in [2.45, 2.75) is 32.1 Å². The first-order valence-electron chi connectivity index (χ1n) is 9.21. The summed E-state index contributed by atoms with van der Waals surface area (Å²) in [4.78, 5) is 4.43. The van der Waals surface area contributed by atoms with Gasteiger partial charge in [-0.1, -0.05) is 36.4 Å². The normalized spacial score (nSPS) is 15.5. The lowest BCUT2D eigenvalue weighted by molar-refractivity contribution is -0.0390. The predicted octanol–water partition coefficient (Wildman–Crippen LogP) is 3.32. The Morgan fingerprint density at radius 1 is 1.15 bits per heavy atom. The van der Waals surface area contributed by atoms with Crippen LogP contribution in [0.5, 0.6) is 5.75 Å². The smallest absolute Gasteiger partial charge is 0.193 e. The van der Waals surface area contributed by atoms with Crippen LogP contribution in [0.3, 0.4) is 0 Å². The van der Waals surface area contributed by atoms with Gasteiger partial charge in [-0.3, -0.25) is 0 Å². The molecule has 3 rings (SSSR count). The molecule has 0 saturated carbocycles. The van der Waals surface area contributed by atoms with Crippen molar-refractivity contribution in [1.82, 2.24) is 0 Å². The van der Waals surface area contributed by atoms with Gasteiger partial charge in [0, 0.05) is 13.2 Å². The van der Waals surface area contributed by atoms with Crippen molar-refractivity contribution in [3.8, 4) is 5.75 Å². The van der Waals surface area contributed by atoms with E-state index >= 15 is 0 Å². The number of nitrogens with one attached hydrogen (secondary N) is 1. The predicted molar refractivity (Wildman–Crippen MR) is 107 cm³/mol. The summed E-state index contributed by atoms with van der Waals surface area (Å²) in [6, 6.07) is 15.8. The fourth-order valence-corrected chi connectivity index (χ4v) is 2.98. The third kappa shape index (κ3) is 5.98. The molecule has 0 bridgehead atoms. The summed E-state index contributed by atoms with van der Waals surface area (Å²) < 4.78 is 16.7. The maximum Gasteiger partial charge on any atom is 0.193 e. The van der Waals surface area contributed by atoms with Gasteiger partial charge in [-0.05, 0) is 36.1 Å². The van der Waals surface area contributed by atoms with Gasteiger partial charge in [0.15, 0.2) is 5.96 Å². The Hall–Kier alpha value is -2.57. The lowest BCUT2D eigenvalue weighted by atomic mass is 10.1. The van der Waals surface area contributed by atoms with E-state index in [0.717, 1.165) is 48.6 Å². The van der Waals surface area contributed by atoms with E-state index in [1.165, 1.54) is 0 Å². The van der Waals surface area contributed by atoms with Crippen molar-refractivity contribution in [2.24, 2.45) is 10.7 Å². The van der Waals surface area contributed by atoms with E-state index in [9.17, 15) is 0 Å². The van der Waals surface area contributed by atoms with E-state index in [2.05, 4.69) is 22.4 Å². The lowest BCUT2D eigenvalue weighted by Gasteiger charge is -2.22. The summed E-state index contributed by atoms with van der Waals surface area (Å²) in [7, 11) is 1.63. The molecule has 144 valence electrons. The molecule has 1 aliphatic heterocycles. The van der Waals surface area contributed by atoms with Crippen LogP contribution < -0.4 is 15.8 Å². The number of hydrogen-bond acceptors (Lipinski definition) is 4. The highest BCUT2D eigenvalue weighted by Gasteiger charge is 2.14. The van der Waals surface area contributed by atoms with Gasteiger partial charge in [0.2, 0.25) is 0 Å². The van der Waals surface area contributed by atoms with Crippen molar-refractivity contribution in [2.75, 3.05) is 25.6 Å². The number of ether oxygens (including phenoxy) is 3. The zero-order valence-electron chi connectivity index (χ0n) is 15.7. The largest absolute Gasteiger partial charge is 0.495 e. The Labute approximate surface area is 160 Å². The van der Waals surface area contributed by atoms with Crippen molar-refractivity contribution >= 4 is 11.6 Å². The molecule has 27 heavy (non-hydrogen) atoms. The highest BCUT2D eigenvalue weighted by Crippen LogP contribution is 2.22. The average molecular weight is 369 g/mol. The molecule has 0 radical (unpaired) electrons. The quantitative estimate of drug-likeness (QED) is 0.578. The number of hydrogen-bond donors (Lipinski definition) is 2. The molecule has 2 aromatic rings. The second kappa shape index (κ2) is 9.94. The summed E-state index contributed by atoms with van der Waals surface area (Å²) in [5, 5.41) is 3.08. The second-order valence-corrected chi connectivity index (χ2v) is 6.47. The number of guanidine groups is 1. The van der Waals surface area contributed by atoms with Crippen LogP contribution >= 0.6 is 0 Å². The molecular formula is C21H27N3O3. The van der Waals surface area contributed by atoms with Gasteiger partial charge >= 0.3 is 0 Å². The number of aliphatic imine (C=N–C) groups is 1. The van der Waals surface area contributed by atoms with E-state index in [4.69, 9.17) is 19.9 Å². The maximum atomic E-state index is 6.02. The Morgan fingerprint density at radius 2 is 1.93 bits per heavy atom. The van der Waals surface area contributed by atoms with Crippen LogP contribution in [0, 0.1) is 0 Å². The Morgan fingerprint density at radius 3 is 2.74 bits per heavy atom. The molecular weight excluding hydrogens is 342 g/mol. The van der Waals surface area contributed by atoms with Crippen molar-refractivity contribution in [1.29, 1.82) is 0 Å². The fourth-order valence-electron chi connectivity index (χ4n) is 2.98. The Kier molecular flexibility index (Phi) is 7.07. The van der Waals surface area contributed by atoms with E-state index in [-0.39, 0.29) is 0 Å². The van der Waals surface area contributed by atoms with E-state index in [0.29, 0.717) is 25.2 Å². The zero-order chi connectivity index (χ0) is 18.9. The molecule has 0 amide bonds. The number of benzene rings is 2. The molecule has 1 fully saturated rings. The third-order valence-electron chi connectivity index (χ3n) is 4.45. The van der Waals surface area contributed by atoms with Crippen LogP contribution in [0.2, 0.25) is 0 Å². The zero-order valence-corrected chi connectivity index (χ0v) is 15.7. The van der Waals surface area contributed by atoms with Crippen LogP contribution in [-0.2, 0) is 22.6 Å². The highest BCUT2D eigenvalue weighted by molar-refractivity contribution is 5.93. The number of methoxy groups -OCH3 is 1. The molecule has 0 unspecified atom stereocenters. The third-order valence-corrected chi connectivity index (χ3v) is 4.45. The number of anilines is 1. The van der Waals surface area contributed by atoms with Gasteiger partial charge < -0.3 is 25.3 Å². The monoisotopic (exact) mass is 369 g/mol. The van der Waals surface area contributed by atoms with Crippen molar-refractivity contribution in [3.05, 3.63) is 59.7 Å². The summed E-state index contributed by atoms with van der Waals surface area (Å²) in [6.07, 6.45) is 2.23. The van der Waals surface area contributed by atoms with Gasteiger partial charge in [-0.2, -0.15) is 0 Å². The number of rotatable bonds is 7. The molecule has 0 aliphatic carbocycles. The van der Waals surface area contributed by atoms with E-state index in [1.807, 2.05) is 36.4 Å². The summed E-state index contributed by atoms with van der Waals surface area (Å²) in [5.74, 6) is 1.08. The van der Waals surface area contributed by atoms with E-state index < -0.39 is 0 Å². The van der Waals surface area contributed by atoms with Crippen LogP contribution in [0.15, 0.2) is 53.5 Å². The van der Waals surface area contributed by atoms with Gasteiger partial charge in [-0.25, -0.2) is 4.99 Å². The minimum atomic E-state index is 0.293. The van der Waals surface area contributed by atoms with Gasteiger partial charge in [0.25, 0.3) is 0 Å². The van der Waals surface area contributed by atoms with Crippen LogP contribution in [0.25, 0.3) is 0 Å². The molecule has 2 aromatic carbocycles. The SMILES string of the molecule is COc1ccccc1NC(N)=NCc1cccc(COC2CCOCC2)c1. The number of nitrogens with two attached hydrogens (primary N) is 1. The number of nitrogens with zero attached hydrogens (tertiary/aromatic N) is 1. The van der Waals surface area contributed by atoms with Crippen molar-refractivity contribution < 1.29 is 14.2 Å². The maximum absolute atomic E-state index is 6.02. The van der Waals surface area contributed by atoms with Crippen LogP contribution in [-0.4, -0.2) is 32.4 Å². The topological polar surface area (TPSA) is 78.1 Å². The summed E-state index contributed by atoms with van der Waals surface area (Å²) >= 11 is 0. The minimum absolute atomic E-state index is 0.293. The fraction of sp³-hybridized carbons (Fsp3) is 0.381. The first kappa shape index (κ1) is 19.2. The van der Waals surface area contributed by atoms with Gasteiger partial charge in [0.05, 0.1) is 32.1 Å². The Balaban J connectivity index is 1.54. The molecule has 3 N–H and O–H groups in total. The Bertz CT molecular complexity index is 758. The molecule has 0 spiro atoms. The van der Waals surface area contributed by atoms with Crippen LogP contribution in [0.1, 0.15) is 24.0 Å². The first-order valence-corrected chi connectivity index (χ1v) is 9.21. The lowest BCUT2D eigenvalue weighted by Crippen LogP contribution is -2.23. The standard InChI is InChI=1S/C21H27N3O3/c1-25-20-8-3-2-7-19(20)24-21(22)23-14-16-5-4-6-17(13-16)15-27-18-9-11-26-12-10-18/h2-8,13,18H,9-12,14-15H2,1H3,(H3,22,23,24). The molecule has 1 saturated heterocycles. The average Bonchev–Trinajstić information content (AvgIpc) is 2.72. The molecule has 1 aliphatic rings. The minimum Gasteiger partial charge on any atom is -0.495 e. The summed E-state index contributed by atoms with van der Waals surface area (Å²) in [6.45, 7) is 2.69. The number of para-hydroxylation sites is 2. The second-order valence-electron chi connectivity index (χ2n) is 6.47.